The molecule has 0 aliphatic heterocycles. The van der Waals surface area contributed by atoms with Gasteiger partial charge in [-0.05, 0) is 20.8 Å². The van der Waals surface area contributed by atoms with Crippen molar-refractivity contribution in [3.63, 3.8) is 0 Å². The van der Waals surface area contributed by atoms with Gasteiger partial charge in [-0.1, -0.05) is 0 Å². The summed E-state index contributed by atoms with van der Waals surface area (Å²) < 4.78 is 4.95. The van der Waals surface area contributed by atoms with Gasteiger partial charge in [0.15, 0.2) is 5.78 Å². The summed E-state index contributed by atoms with van der Waals surface area (Å²) in [5.41, 5.74) is 0. The van der Waals surface area contributed by atoms with Gasteiger partial charge in [-0.25, -0.2) is 0 Å². The predicted octanol–water partition coefficient (Wildman–Crippen LogP) is 1.53. The van der Waals surface area contributed by atoms with Gasteiger partial charge in [-0.3, -0.25) is 4.79 Å². The summed E-state index contributed by atoms with van der Waals surface area (Å²) in [7, 11) is 0. The van der Waals surface area contributed by atoms with E-state index in [9.17, 15) is 4.79 Å². The molecule has 0 radical (unpaired) electrons. The van der Waals surface area contributed by atoms with E-state index in [0.29, 0.717) is 0 Å². The molecular weight excluding hydrogens is 142 g/mol. The van der Waals surface area contributed by atoms with Crippen LogP contribution in [0.3, 0.4) is 0 Å². The smallest absolute Gasteiger partial charge is 0.155 e. The minimum absolute atomic E-state index is 0.0821. The Morgan fingerprint density at radius 3 is 2.09 bits per heavy atom. The number of hydrogen-bond donors (Lipinski definition) is 0. The Balaban J connectivity index is 0. The minimum atomic E-state index is 0.0821. The van der Waals surface area contributed by atoms with Gasteiger partial charge in [0.1, 0.15) is 6.61 Å². The van der Waals surface area contributed by atoms with Crippen molar-refractivity contribution in [2.45, 2.75) is 33.8 Å². The number of Topliss-reactive ketones (excluding diaryl/α,β-unsaturated/α-hetero) is 1. The van der Waals surface area contributed by atoms with E-state index in [2.05, 4.69) is 0 Å². The Kier molecular flexibility index (Phi) is 10.6. The standard InChI is InChI=1S/C6H12O2.C2H3N/c1-5(2)8-4-6(3)7;1-2-3/h5H,4H2,1-3H3;1H3. The fourth-order valence-electron chi connectivity index (χ4n) is 0.284. The Morgan fingerprint density at radius 1 is 1.64 bits per heavy atom. The Bertz CT molecular complexity index is 136. The van der Waals surface area contributed by atoms with E-state index >= 15 is 0 Å². The van der Waals surface area contributed by atoms with Crippen LogP contribution in [0.15, 0.2) is 0 Å². The molecule has 11 heavy (non-hydrogen) atoms. The topological polar surface area (TPSA) is 50.1 Å². The van der Waals surface area contributed by atoms with Gasteiger partial charge in [0.2, 0.25) is 0 Å². The number of rotatable bonds is 3. The van der Waals surface area contributed by atoms with Crippen molar-refractivity contribution in [3.05, 3.63) is 0 Å². The van der Waals surface area contributed by atoms with Crippen LogP contribution in [0.5, 0.6) is 0 Å². The molecule has 0 bridgehead atoms. The Morgan fingerprint density at radius 2 is 2.00 bits per heavy atom. The first-order chi connectivity index (χ1) is 5.04. The summed E-state index contributed by atoms with van der Waals surface area (Å²) in [6.45, 7) is 7.01. The normalized spacial score (nSPS) is 8.00. The van der Waals surface area contributed by atoms with E-state index in [1.54, 1.807) is 6.07 Å². The predicted molar refractivity (Wildman–Crippen MR) is 43.1 cm³/mol. The van der Waals surface area contributed by atoms with E-state index in [4.69, 9.17) is 10.00 Å². The zero-order chi connectivity index (χ0) is 9.28. The monoisotopic (exact) mass is 157 g/mol. The van der Waals surface area contributed by atoms with E-state index in [-0.39, 0.29) is 18.5 Å². The summed E-state index contributed by atoms with van der Waals surface area (Å²) in [6.07, 6.45) is 0.166. The Labute approximate surface area is 68.0 Å². The third-order valence-corrected chi connectivity index (χ3v) is 0.620. The van der Waals surface area contributed by atoms with Crippen molar-refractivity contribution in [2.75, 3.05) is 6.61 Å². The first-order valence-electron chi connectivity index (χ1n) is 3.46. The van der Waals surface area contributed by atoms with Crippen LogP contribution in [0, 0.1) is 11.3 Å². The third-order valence-electron chi connectivity index (χ3n) is 0.620. The molecule has 0 aromatic carbocycles. The highest BCUT2D eigenvalue weighted by Crippen LogP contribution is 1.85. The highest BCUT2D eigenvalue weighted by atomic mass is 16.5. The molecular formula is C8H15NO2. The lowest BCUT2D eigenvalue weighted by Gasteiger charge is -2.02. The van der Waals surface area contributed by atoms with E-state index in [0.717, 1.165) is 0 Å². The first-order valence-corrected chi connectivity index (χ1v) is 3.46. The molecule has 0 aromatic rings. The lowest BCUT2D eigenvalue weighted by molar-refractivity contribution is -0.122. The van der Waals surface area contributed by atoms with Gasteiger partial charge in [0, 0.05) is 6.92 Å². The number of carbonyl (C=O) groups is 1. The molecule has 0 saturated carbocycles. The first kappa shape index (κ1) is 12.8. The largest absolute Gasteiger partial charge is 0.371 e. The molecule has 0 N–H and O–H groups in total. The third kappa shape index (κ3) is 27.2. The van der Waals surface area contributed by atoms with Gasteiger partial charge >= 0.3 is 0 Å². The quantitative estimate of drug-likeness (QED) is 0.624. The fraction of sp³-hybridized carbons (Fsp3) is 0.750. The second-order valence-corrected chi connectivity index (χ2v) is 2.29. The average molecular weight is 157 g/mol. The summed E-state index contributed by atoms with van der Waals surface area (Å²) >= 11 is 0. The fourth-order valence-corrected chi connectivity index (χ4v) is 0.284. The number of ketones is 1. The van der Waals surface area contributed by atoms with Crippen LogP contribution < -0.4 is 0 Å². The second kappa shape index (κ2) is 9.12. The molecule has 3 nitrogen and oxygen atoms in total. The number of ether oxygens (including phenoxy) is 1. The average Bonchev–Trinajstić information content (AvgIpc) is 1.85. The number of nitrogens with zero attached hydrogens (tertiary/aromatic N) is 1. The van der Waals surface area contributed by atoms with Gasteiger partial charge < -0.3 is 4.74 Å². The van der Waals surface area contributed by atoms with Crippen LogP contribution in [0.25, 0.3) is 0 Å². The zero-order valence-electron chi connectivity index (χ0n) is 7.55. The molecule has 64 valence electrons. The Hall–Kier alpha value is -0.880. The summed E-state index contributed by atoms with van der Waals surface area (Å²) in [5.74, 6) is 0.0821. The van der Waals surface area contributed by atoms with Crippen molar-refractivity contribution in [2.24, 2.45) is 0 Å². The van der Waals surface area contributed by atoms with Gasteiger partial charge in [-0.2, -0.15) is 5.26 Å². The van der Waals surface area contributed by atoms with Gasteiger partial charge in [0.25, 0.3) is 0 Å². The van der Waals surface area contributed by atoms with Crippen molar-refractivity contribution in [3.8, 4) is 6.07 Å². The number of carbonyl (C=O) groups excluding carboxylic acids is 1. The maximum absolute atomic E-state index is 10.2. The molecule has 0 heterocycles. The van der Waals surface area contributed by atoms with Crippen molar-refractivity contribution in [1.29, 1.82) is 5.26 Å². The summed E-state index contributed by atoms with van der Waals surface area (Å²) in [5, 5.41) is 7.32. The van der Waals surface area contributed by atoms with E-state index < -0.39 is 0 Å². The maximum Gasteiger partial charge on any atom is 0.155 e. The highest BCUT2D eigenvalue weighted by Gasteiger charge is 1.94. The maximum atomic E-state index is 10.2. The van der Waals surface area contributed by atoms with Gasteiger partial charge in [0.05, 0.1) is 12.2 Å². The molecule has 0 aliphatic rings. The van der Waals surface area contributed by atoms with Gasteiger partial charge in [-0.15, -0.1) is 0 Å². The van der Waals surface area contributed by atoms with Crippen LogP contribution in [0.1, 0.15) is 27.7 Å². The van der Waals surface area contributed by atoms with Crippen molar-refractivity contribution in [1.82, 2.24) is 0 Å². The highest BCUT2D eigenvalue weighted by molar-refractivity contribution is 5.76. The van der Waals surface area contributed by atoms with Crippen LogP contribution >= 0.6 is 0 Å². The van der Waals surface area contributed by atoms with Crippen molar-refractivity contribution >= 4 is 5.78 Å². The van der Waals surface area contributed by atoms with Crippen LogP contribution in [-0.2, 0) is 9.53 Å². The summed E-state index contributed by atoms with van der Waals surface area (Å²) in [6, 6.07) is 1.75. The molecule has 0 rings (SSSR count). The van der Waals surface area contributed by atoms with E-state index in [1.807, 2.05) is 13.8 Å². The molecule has 0 spiro atoms. The molecule has 0 fully saturated rings. The van der Waals surface area contributed by atoms with Crippen molar-refractivity contribution < 1.29 is 9.53 Å². The number of nitriles is 1. The minimum Gasteiger partial charge on any atom is -0.371 e. The molecule has 0 aromatic heterocycles. The number of hydrogen-bond acceptors (Lipinski definition) is 3. The molecule has 0 amide bonds. The lowest BCUT2D eigenvalue weighted by Crippen LogP contribution is -2.09. The second-order valence-electron chi connectivity index (χ2n) is 2.29. The van der Waals surface area contributed by atoms with E-state index in [1.165, 1.54) is 13.8 Å². The molecule has 3 heteroatoms. The molecule has 0 saturated heterocycles. The molecule has 0 atom stereocenters. The molecule has 0 aliphatic carbocycles. The van der Waals surface area contributed by atoms with Crippen LogP contribution in [0.2, 0.25) is 0 Å². The summed E-state index contributed by atoms with van der Waals surface area (Å²) in [4.78, 5) is 10.2. The van der Waals surface area contributed by atoms with Crippen LogP contribution in [-0.4, -0.2) is 18.5 Å². The SMILES string of the molecule is CC#N.CC(=O)COC(C)C. The molecule has 0 unspecified atom stereocenters. The zero-order valence-corrected chi connectivity index (χ0v) is 7.55. The van der Waals surface area contributed by atoms with Crippen LogP contribution in [0.4, 0.5) is 0 Å². The lowest BCUT2D eigenvalue weighted by atomic mass is 10.4.